The first kappa shape index (κ1) is 12.2. The molecule has 1 heterocycles. The van der Waals surface area contributed by atoms with E-state index >= 15 is 0 Å². The molecular formula is C11H22N4. The number of hydrogen-bond donors (Lipinski definition) is 2. The minimum atomic E-state index is 0.191. The van der Waals surface area contributed by atoms with Crippen LogP contribution in [0.1, 0.15) is 45.3 Å². The Morgan fingerprint density at radius 1 is 1.53 bits per heavy atom. The second-order valence-electron chi connectivity index (χ2n) is 5.25. The molecule has 0 bridgehead atoms. The molecular weight excluding hydrogens is 188 g/mol. The number of rotatable bonds is 4. The van der Waals surface area contributed by atoms with Crippen molar-refractivity contribution in [1.82, 2.24) is 15.0 Å². The van der Waals surface area contributed by atoms with Crippen molar-refractivity contribution < 1.29 is 0 Å². The Bertz CT molecular complexity index is 298. The monoisotopic (exact) mass is 210 g/mol. The van der Waals surface area contributed by atoms with Crippen LogP contribution in [0.3, 0.4) is 0 Å². The molecule has 1 atom stereocenters. The van der Waals surface area contributed by atoms with Crippen LogP contribution in [0, 0.1) is 5.41 Å². The van der Waals surface area contributed by atoms with Gasteiger partial charge in [0.2, 0.25) is 0 Å². The smallest absolute Gasteiger partial charge is 0.0946 e. The van der Waals surface area contributed by atoms with Crippen molar-refractivity contribution in [2.24, 2.45) is 18.3 Å². The van der Waals surface area contributed by atoms with Crippen molar-refractivity contribution in [3.05, 3.63) is 18.2 Å². The van der Waals surface area contributed by atoms with Gasteiger partial charge in [0, 0.05) is 13.2 Å². The molecule has 1 aromatic heterocycles. The van der Waals surface area contributed by atoms with E-state index in [0.29, 0.717) is 5.41 Å². The molecule has 86 valence electrons. The summed E-state index contributed by atoms with van der Waals surface area (Å²) in [4.78, 5) is 4.10. The fourth-order valence-corrected chi connectivity index (χ4v) is 1.60. The van der Waals surface area contributed by atoms with Gasteiger partial charge in [0.25, 0.3) is 0 Å². The first-order chi connectivity index (χ1) is 6.94. The van der Waals surface area contributed by atoms with Crippen molar-refractivity contribution in [3.63, 3.8) is 0 Å². The summed E-state index contributed by atoms with van der Waals surface area (Å²) in [5.41, 5.74) is 4.34. The molecule has 0 spiro atoms. The predicted octanol–water partition coefficient (Wildman–Crippen LogP) is 1.75. The van der Waals surface area contributed by atoms with E-state index in [1.807, 2.05) is 17.8 Å². The number of imidazole rings is 1. The number of nitrogens with zero attached hydrogens (tertiary/aromatic N) is 2. The number of nitrogens with two attached hydrogens (primary N) is 1. The Labute approximate surface area is 91.8 Å². The average molecular weight is 210 g/mol. The van der Waals surface area contributed by atoms with E-state index in [1.54, 1.807) is 6.33 Å². The molecule has 0 saturated heterocycles. The van der Waals surface area contributed by atoms with Gasteiger partial charge >= 0.3 is 0 Å². The highest BCUT2D eigenvalue weighted by Gasteiger charge is 2.17. The maximum Gasteiger partial charge on any atom is 0.0946 e. The summed E-state index contributed by atoms with van der Waals surface area (Å²) in [5, 5.41) is 0. The van der Waals surface area contributed by atoms with Gasteiger partial charge < -0.3 is 4.57 Å². The van der Waals surface area contributed by atoms with Crippen LogP contribution in [0.4, 0.5) is 0 Å². The zero-order chi connectivity index (χ0) is 11.5. The summed E-state index contributed by atoms with van der Waals surface area (Å²) in [6.07, 6.45) is 5.83. The van der Waals surface area contributed by atoms with E-state index in [-0.39, 0.29) is 6.04 Å². The van der Waals surface area contributed by atoms with Gasteiger partial charge in [-0.05, 0) is 18.3 Å². The number of hydrogen-bond acceptors (Lipinski definition) is 3. The lowest BCUT2D eigenvalue weighted by atomic mass is 9.88. The van der Waals surface area contributed by atoms with Crippen molar-refractivity contribution in [2.75, 3.05) is 0 Å². The summed E-state index contributed by atoms with van der Waals surface area (Å²) in [6.45, 7) is 6.72. The summed E-state index contributed by atoms with van der Waals surface area (Å²) < 4.78 is 2.01. The first-order valence-electron chi connectivity index (χ1n) is 5.36. The van der Waals surface area contributed by atoms with Gasteiger partial charge in [0.05, 0.1) is 18.1 Å². The molecule has 0 aliphatic carbocycles. The number of aryl methyl sites for hydroxylation is 1. The molecule has 3 N–H and O–H groups in total. The zero-order valence-corrected chi connectivity index (χ0v) is 10.1. The highest BCUT2D eigenvalue weighted by Crippen LogP contribution is 2.26. The molecule has 1 aromatic rings. The molecule has 1 rings (SSSR count). The van der Waals surface area contributed by atoms with E-state index in [4.69, 9.17) is 5.84 Å². The van der Waals surface area contributed by atoms with E-state index in [9.17, 15) is 0 Å². The van der Waals surface area contributed by atoms with Crippen LogP contribution >= 0.6 is 0 Å². The fraction of sp³-hybridized carbons (Fsp3) is 0.727. The summed E-state index contributed by atoms with van der Waals surface area (Å²) in [7, 11) is 1.99. The molecule has 15 heavy (non-hydrogen) atoms. The quantitative estimate of drug-likeness (QED) is 0.588. The maximum absolute atomic E-state index is 5.57. The SMILES string of the molecule is Cn1cncc1C(CCC(C)(C)C)NN. The van der Waals surface area contributed by atoms with Crippen LogP contribution < -0.4 is 11.3 Å². The first-order valence-corrected chi connectivity index (χ1v) is 5.36. The molecule has 0 fully saturated rings. The molecule has 0 amide bonds. The molecule has 4 heteroatoms. The van der Waals surface area contributed by atoms with Gasteiger partial charge in [-0.3, -0.25) is 11.3 Å². The van der Waals surface area contributed by atoms with Gasteiger partial charge in [0.15, 0.2) is 0 Å². The van der Waals surface area contributed by atoms with Gasteiger partial charge in [0.1, 0.15) is 0 Å². The Kier molecular flexibility index (Phi) is 3.88. The van der Waals surface area contributed by atoms with E-state index in [2.05, 4.69) is 31.2 Å². The third-order valence-corrected chi connectivity index (χ3v) is 2.60. The van der Waals surface area contributed by atoms with E-state index in [1.165, 1.54) is 0 Å². The van der Waals surface area contributed by atoms with Gasteiger partial charge in [-0.15, -0.1) is 0 Å². The number of aromatic nitrogens is 2. The third-order valence-electron chi connectivity index (χ3n) is 2.60. The van der Waals surface area contributed by atoms with Crippen LogP contribution in [0.25, 0.3) is 0 Å². The van der Waals surface area contributed by atoms with Crippen LogP contribution in [-0.4, -0.2) is 9.55 Å². The van der Waals surface area contributed by atoms with E-state index < -0.39 is 0 Å². The highest BCUT2D eigenvalue weighted by atomic mass is 15.2. The Morgan fingerprint density at radius 2 is 2.20 bits per heavy atom. The third kappa shape index (κ3) is 3.64. The molecule has 1 unspecified atom stereocenters. The van der Waals surface area contributed by atoms with Crippen LogP contribution in [0.15, 0.2) is 12.5 Å². The number of nitrogens with one attached hydrogen (secondary N) is 1. The van der Waals surface area contributed by atoms with Crippen LogP contribution in [0.5, 0.6) is 0 Å². The minimum Gasteiger partial charge on any atom is -0.336 e. The molecule has 4 nitrogen and oxygen atoms in total. The standard InChI is InChI=1S/C11H22N4/c1-11(2,3)6-5-9(14-12)10-7-13-8-15(10)4/h7-9,14H,5-6,12H2,1-4H3. The fourth-order valence-electron chi connectivity index (χ4n) is 1.60. The lowest BCUT2D eigenvalue weighted by Gasteiger charge is -2.22. The Morgan fingerprint density at radius 3 is 2.60 bits per heavy atom. The second-order valence-corrected chi connectivity index (χ2v) is 5.25. The second kappa shape index (κ2) is 4.77. The molecule has 0 aliphatic rings. The van der Waals surface area contributed by atoms with Gasteiger partial charge in [-0.2, -0.15) is 0 Å². The lowest BCUT2D eigenvalue weighted by molar-refractivity contribution is 0.329. The average Bonchev–Trinajstić information content (AvgIpc) is 2.52. The van der Waals surface area contributed by atoms with Crippen molar-refractivity contribution in [3.8, 4) is 0 Å². The van der Waals surface area contributed by atoms with Gasteiger partial charge in [-0.25, -0.2) is 4.98 Å². The summed E-state index contributed by atoms with van der Waals surface area (Å²) in [6, 6.07) is 0.191. The predicted molar refractivity (Wildman–Crippen MR) is 62.0 cm³/mol. The molecule has 0 aromatic carbocycles. The van der Waals surface area contributed by atoms with E-state index in [0.717, 1.165) is 18.5 Å². The summed E-state index contributed by atoms with van der Waals surface area (Å²) >= 11 is 0. The van der Waals surface area contributed by atoms with Crippen molar-refractivity contribution in [2.45, 2.75) is 39.7 Å². The minimum absolute atomic E-state index is 0.191. The normalized spacial score (nSPS) is 14.2. The van der Waals surface area contributed by atoms with Crippen molar-refractivity contribution >= 4 is 0 Å². The van der Waals surface area contributed by atoms with Crippen LogP contribution in [-0.2, 0) is 7.05 Å². The topological polar surface area (TPSA) is 55.9 Å². The van der Waals surface area contributed by atoms with Crippen molar-refractivity contribution in [1.29, 1.82) is 0 Å². The lowest BCUT2D eigenvalue weighted by Crippen LogP contribution is -2.30. The maximum atomic E-state index is 5.57. The number of hydrazine groups is 1. The molecule has 0 radical (unpaired) electrons. The summed E-state index contributed by atoms with van der Waals surface area (Å²) in [5.74, 6) is 5.57. The van der Waals surface area contributed by atoms with Gasteiger partial charge in [-0.1, -0.05) is 20.8 Å². The zero-order valence-electron chi connectivity index (χ0n) is 10.1. The Balaban J connectivity index is 2.61. The largest absolute Gasteiger partial charge is 0.336 e. The Hall–Kier alpha value is -0.870. The highest BCUT2D eigenvalue weighted by molar-refractivity contribution is 5.04. The van der Waals surface area contributed by atoms with Crippen LogP contribution in [0.2, 0.25) is 0 Å². The molecule has 0 saturated carbocycles. The molecule has 0 aliphatic heterocycles.